The van der Waals surface area contributed by atoms with E-state index in [0.29, 0.717) is 12.2 Å². The van der Waals surface area contributed by atoms with E-state index in [1.807, 2.05) is 0 Å². The first-order valence-corrected chi connectivity index (χ1v) is 9.56. The predicted molar refractivity (Wildman–Crippen MR) is 105 cm³/mol. The number of benzene rings is 1. The highest BCUT2D eigenvalue weighted by atomic mass is 16.6. The van der Waals surface area contributed by atoms with Crippen LogP contribution in [0.4, 0.5) is 4.79 Å². The van der Waals surface area contributed by atoms with Crippen molar-refractivity contribution in [3.8, 4) is 0 Å². The Hall–Kier alpha value is -1.84. The molecule has 1 aliphatic carbocycles. The van der Waals surface area contributed by atoms with Crippen molar-refractivity contribution < 1.29 is 19.8 Å². The molecule has 0 aromatic heterocycles. The van der Waals surface area contributed by atoms with Gasteiger partial charge in [0.15, 0.2) is 0 Å². The van der Waals surface area contributed by atoms with Crippen LogP contribution in [0, 0.1) is 32.1 Å². The number of hydrogen-bond donors (Lipinski definition) is 2. The number of carbonyl (C=O) groups is 2. The molecule has 1 aromatic carbocycles. The molecule has 1 fully saturated rings. The summed E-state index contributed by atoms with van der Waals surface area (Å²) < 4.78 is 0. The third-order valence-electron chi connectivity index (χ3n) is 5.73. The molecule has 0 saturated heterocycles. The van der Waals surface area contributed by atoms with Gasteiger partial charge in [-0.2, -0.15) is 0 Å². The van der Waals surface area contributed by atoms with Crippen molar-refractivity contribution in [1.29, 1.82) is 0 Å². The maximum Gasteiger partial charge on any atom is 0.503 e. The van der Waals surface area contributed by atoms with Crippen molar-refractivity contribution in [2.75, 3.05) is 0 Å². The minimum atomic E-state index is -1.83. The van der Waals surface area contributed by atoms with Crippen molar-refractivity contribution >= 4 is 11.9 Å². The van der Waals surface area contributed by atoms with E-state index in [2.05, 4.69) is 46.8 Å². The summed E-state index contributed by atoms with van der Waals surface area (Å²) in [6.45, 7) is 11.0. The molecular formula is C22H34O4. The quantitative estimate of drug-likeness (QED) is 0.679. The molecule has 2 N–H and O–H groups in total. The molecule has 1 aromatic rings. The van der Waals surface area contributed by atoms with Crippen molar-refractivity contribution in [3.63, 3.8) is 0 Å². The Bertz CT molecular complexity index is 598. The Morgan fingerprint density at radius 3 is 1.96 bits per heavy atom. The predicted octanol–water partition coefficient (Wildman–Crippen LogP) is 5.94. The minimum absolute atomic E-state index is 0.245. The molecule has 4 nitrogen and oxygen atoms in total. The summed E-state index contributed by atoms with van der Waals surface area (Å²) in [6.07, 6.45) is 5.91. The first kappa shape index (κ1) is 22.2. The molecule has 0 spiro atoms. The Balaban J connectivity index is 0.000000765. The molecule has 1 aliphatic rings. The van der Waals surface area contributed by atoms with Gasteiger partial charge in [0, 0.05) is 12.8 Å². The lowest BCUT2D eigenvalue weighted by atomic mass is 9.68. The third-order valence-corrected chi connectivity index (χ3v) is 5.73. The van der Waals surface area contributed by atoms with Gasteiger partial charge in [-0.15, -0.1) is 0 Å². The average molecular weight is 363 g/mol. The second-order valence-corrected chi connectivity index (χ2v) is 8.21. The minimum Gasteiger partial charge on any atom is -0.450 e. The molecule has 0 radical (unpaired) electrons. The molecule has 146 valence electrons. The molecular weight excluding hydrogens is 328 g/mol. The Labute approximate surface area is 157 Å². The van der Waals surface area contributed by atoms with Crippen LogP contribution in [0.1, 0.15) is 74.6 Å². The number of Topliss-reactive ketones (excluding diaryl/α,β-unsaturated/α-hetero) is 1. The maximum atomic E-state index is 12.6. The van der Waals surface area contributed by atoms with Crippen molar-refractivity contribution in [2.24, 2.45) is 11.3 Å². The largest absolute Gasteiger partial charge is 0.503 e. The normalized spacial score (nSPS) is 22.3. The lowest BCUT2D eigenvalue weighted by Gasteiger charge is -2.36. The fourth-order valence-electron chi connectivity index (χ4n) is 4.18. The van der Waals surface area contributed by atoms with Gasteiger partial charge in [-0.3, -0.25) is 4.79 Å². The molecule has 26 heavy (non-hydrogen) atoms. The summed E-state index contributed by atoms with van der Waals surface area (Å²) in [5, 5.41) is 13.9. The van der Waals surface area contributed by atoms with E-state index in [0.717, 1.165) is 12.3 Å². The molecule has 0 heterocycles. The fourth-order valence-corrected chi connectivity index (χ4v) is 4.18. The van der Waals surface area contributed by atoms with E-state index in [1.165, 1.54) is 54.4 Å². The van der Waals surface area contributed by atoms with Gasteiger partial charge >= 0.3 is 6.16 Å². The Kier molecular flexibility index (Phi) is 8.32. The molecule has 0 amide bonds. The number of rotatable bonds is 5. The topological polar surface area (TPSA) is 74.6 Å². The highest BCUT2D eigenvalue weighted by Crippen LogP contribution is 2.42. The summed E-state index contributed by atoms with van der Waals surface area (Å²) in [5.41, 5.74) is 5.32. The Morgan fingerprint density at radius 1 is 1.08 bits per heavy atom. The number of ketones is 1. The van der Waals surface area contributed by atoms with Crippen LogP contribution in [0.25, 0.3) is 0 Å². The lowest BCUT2D eigenvalue weighted by Crippen LogP contribution is -2.27. The standard InChI is InChI=1S/C21H32O.CH2O3/c1-6-18-7-9-21(5,10-8-18)14-19(22)13-20-16(3)11-15(2)12-17(20)4;2-1(3)4/h11-12,18H,6-10,13-14H2,1-5H3;(H2,2,3,4). The van der Waals surface area contributed by atoms with Crippen LogP contribution in [0.5, 0.6) is 0 Å². The van der Waals surface area contributed by atoms with Crippen molar-refractivity contribution in [3.05, 3.63) is 34.4 Å². The summed E-state index contributed by atoms with van der Waals surface area (Å²) in [4.78, 5) is 21.2. The van der Waals surface area contributed by atoms with Gasteiger partial charge in [-0.1, -0.05) is 38.0 Å². The van der Waals surface area contributed by atoms with Crippen LogP contribution < -0.4 is 0 Å². The first-order valence-electron chi connectivity index (χ1n) is 9.56. The lowest BCUT2D eigenvalue weighted by molar-refractivity contribution is -0.121. The van der Waals surface area contributed by atoms with Gasteiger partial charge in [0.2, 0.25) is 0 Å². The van der Waals surface area contributed by atoms with Crippen LogP contribution in [0.3, 0.4) is 0 Å². The molecule has 1 saturated carbocycles. The second-order valence-electron chi connectivity index (χ2n) is 8.21. The monoisotopic (exact) mass is 362 g/mol. The fraction of sp³-hybridized carbons (Fsp3) is 0.636. The molecule has 2 rings (SSSR count). The van der Waals surface area contributed by atoms with Gasteiger partial charge in [-0.05, 0) is 74.5 Å². The highest BCUT2D eigenvalue weighted by Gasteiger charge is 2.32. The van der Waals surface area contributed by atoms with E-state index in [9.17, 15) is 4.79 Å². The highest BCUT2D eigenvalue weighted by molar-refractivity contribution is 5.82. The van der Waals surface area contributed by atoms with Crippen LogP contribution in [-0.4, -0.2) is 22.2 Å². The number of carbonyl (C=O) groups excluding carboxylic acids is 1. The maximum absolute atomic E-state index is 12.6. The number of carboxylic acid groups (broad SMARTS) is 2. The van der Waals surface area contributed by atoms with Gasteiger partial charge in [0.25, 0.3) is 0 Å². The van der Waals surface area contributed by atoms with Crippen molar-refractivity contribution in [2.45, 2.75) is 79.6 Å². The van der Waals surface area contributed by atoms with Gasteiger partial charge in [0.05, 0.1) is 0 Å². The zero-order valence-corrected chi connectivity index (χ0v) is 16.9. The molecule has 0 atom stereocenters. The zero-order chi connectivity index (χ0) is 19.9. The van der Waals surface area contributed by atoms with Crippen LogP contribution in [0.15, 0.2) is 12.1 Å². The van der Waals surface area contributed by atoms with E-state index in [1.54, 1.807) is 0 Å². The van der Waals surface area contributed by atoms with Crippen molar-refractivity contribution in [1.82, 2.24) is 0 Å². The average Bonchev–Trinajstić information content (AvgIpc) is 2.51. The van der Waals surface area contributed by atoms with Gasteiger partial charge in [-0.25, -0.2) is 4.79 Å². The van der Waals surface area contributed by atoms with E-state index in [-0.39, 0.29) is 5.41 Å². The molecule has 0 unspecified atom stereocenters. The smallest absolute Gasteiger partial charge is 0.450 e. The summed E-state index contributed by atoms with van der Waals surface area (Å²) in [7, 11) is 0. The summed E-state index contributed by atoms with van der Waals surface area (Å²) in [6, 6.07) is 4.40. The van der Waals surface area contributed by atoms with E-state index < -0.39 is 6.16 Å². The number of aryl methyl sites for hydroxylation is 3. The molecule has 4 heteroatoms. The third kappa shape index (κ3) is 7.19. The SMILES string of the molecule is CCC1CCC(C)(CC(=O)Cc2c(C)cc(C)cc2C)CC1.O=C(O)O. The van der Waals surface area contributed by atoms with Gasteiger partial charge in [0.1, 0.15) is 5.78 Å². The van der Waals surface area contributed by atoms with Crippen LogP contribution >= 0.6 is 0 Å². The molecule has 0 aliphatic heterocycles. The van der Waals surface area contributed by atoms with Crippen LogP contribution in [-0.2, 0) is 11.2 Å². The van der Waals surface area contributed by atoms with E-state index in [4.69, 9.17) is 15.0 Å². The summed E-state index contributed by atoms with van der Waals surface area (Å²) in [5.74, 6) is 1.32. The van der Waals surface area contributed by atoms with Crippen LogP contribution in [0.2, 0.25) is 0 Å². The zero-order valence-electron chi connectivity index (χ0n) is 16.9. The van der Waals surface area contributed by atoms with Gasteiger partial charge < -0.3 is 10.2 Å². The Morgan fingerprint density at radius 2 is 1.54 bits per heavy atom. The second kappa shape index (κ2) is 9.75. The molecule has 0 bridgehead atoms. The first-order chi connectivity index (χ1) is 12.1. The summed E-state index contributed by atoms with van der Waals surface area (Å²) >= 11 is 0. The number of hydrogen-bond acceptors (Lipinski definition) is 2. The van der Waals surface area contributed by atoms with E-state index >= 15 is 0 Å².